The first-order chi connectivity index (χ1) is 8.59. The van der Waals surface area contributed by atoms with Gasteiger partial charge in [0.25, 0.3) is 0 Å². The van der Waals surface area contributed by atoms with E-state index in [9.17, 15) is 8.42 Å². The minimum atomic E-state index is -3.20. The molecule has 18 heavy (non-hydrogen) atoms. The molecule has 1 rings (SSSR count). The summed E-state index contributed by atoms with van der Waals surface area (Å²) < 4.78 is 30.8. The van der Waals surface area contributed by atoms with Gasteiger partial charge in [0.1, 0.15) is 5.75 Å². The van der Waals surface area contributed by atoms with Crippen LogP contribution in [0.4, 0.5) is 0 Å². The number of sulfonamides is 1. The Bertz CT molecular complexity index is 460. The van der Waals surface area contributed by atoms with Crippen molar-refractivity contribution in [3.8, 4) is 5.75 Å². The molecule has 0 saturated heterocycles. The highest BCUT2D eigenvalue weighted by atomic mass is 32.2. The average molecular weight is 272 g/mol. The summed E-state index contributed by atoms with van der Waals surface area (Å²) in [5.74, 6) is 0.855. The number of nitrogens with two attached hydrogens (primary N) is 1. The molecule has 3 N–H and O–H groups in total. The van der Waals surface area contributed by atoms with Gasteiger partial charge in [-0.1, -0.05) is 18.2 Å². The number of rotatable bonds is 8. The quantitative estimate of drug-likeness (QED) is 0.722. The van der Waals surface area contributed by atoms with Crippen LogP contribution >= 0.6 is 0 Å². The highest BCUT2D eigenvalue weighted by Gasteiger charge is 2.09. The Balaban J connectivity index is 2.46. The summed E-state index contributed by atoms with van der Waals surface area (Å²) in [5.41, 5.74) is 6.27. The lowest BCUT2D eigenvalue weighted by Crippen LogP contribution is -2.29. The van der Waals surface area contributed by atoms with Gasteiger partial charge in [-0.25, -0.2) is 13.1 Å². The summed E-state index contributed by atoms with van der Waals surface area (Å²) in [7, 11) is -1.60. The number of hydrogen-bond acceptors (Lipinski definition) is 4. The highest BCUT2D eigenvalue weighted by Crippen LogP contribution is 2.17. The minimum absolute atomic E-state index is 0.0788. The maximum absolute atomic E-state index is 11.5. The van der Waals surface area contributed by atoms with Gasteiger partial charge in [-0.15, -0.1) is 0 Å². The lowest BCUT2D eigenvalue weighted by atomic mass is 10.1. The maximum atomic E-state index is 11.5. The second-order valence-electron chi connectivity index (χ2n) is 3.92. The van der Waals surface area contributed by atoms with Crippen molar-refractivity contribution in [3.05, 3.63) is 29.8 Å². The molecule has 5 nitrogen and oxygen atoms in total. The van der Waals surface area contributed by atoms with Crippen LogP contribution in [-0.2, 0) is 16.4 Å². The molecule has 0 bridgehead atoms. The van der Waals surface area contributed by atoms with Crippen molar-refractivity contribution in [2.24, 2.45) is 5.73 Å². The van der Waals surface area contributed by atoms with Crippen molar-refractivity contribution in [2.75, 3.05) is 26.0 Å². The van der Waals surface area contributed by atoms with Crippen LogP contribution in [0.2, 0.25) is 0 Å². The van der Waals surface area contributed by atoms with Crippen LogP contribution in [0.15, 0.2) is 24.3 Å². The summed E-state index contributed by atoms with van der Waals surface area (Å²) in [6, 6.07) is 7.57. The maximum Gasteiger partial charge on any atom is 0.211 e. The zero-order chi connectivity index (χ0) is 13.4. The van der Waals surface area contributed by atoms with Crippen LogP contribution in [0.25, 0.3) is 0 Å². The molecule has 0 unspecified atom stereocenters. The van der Waals surface area contributed by atoms with E-state index >= 15 is 0 Å². The van der Waals surface area contributed by atoms with E-state index in [0.717, 1.165) is 11.3 Å². The minimum Gasteiger partial charge on any atom is -0.496 e. The van der Waals surface area contributed by atoms with Crippen LogP contribution < -0.4 is 15.2 Å². The molecular weight excluding hydrogens is 252 g/mol. The van der Waals surface area contributed by atoms with Gasteiger partial charge in [0.05, 0.1) is 12.9 Å². The van der Waals surface area contributed by atoms with Gasteiger partial charge < -0.3 is 10.5 Å². The van der Waals surface area contributed by atoms with E-state index in [-0.39, 0.29) is 5.75 Å². The second kappa shape index (κ2) is 7.35. The van der Waals surface area contributed by atoms with Crippen LogP contribution in [0, 0.1) is 0 Å². The second-order valence-corrected chi connectivity index (χ2v) is 5.84. The monoisotopic (exact) mass is 272 g/mol. The van der Waals surface area contributed by atoms with E-state index in [2.05, 4.69) is 4.72 Å². The summed E-state index contributed by atoms with van der Waals surface area (Å²) in [6.45, 7) is 0.751. The Morgan fingerprint density at radius 2 is 2.06 bits per heavy atom. The number of para-hydroxylation sites is 1. The van der Waals surface area contributed by atoms with Crippen LogP contribution in [0.1, 0.15) is 12.0 Å². The summed E-state index contributed by atoms with van der Waals surface area (Å²) in [5, 5.41) is 0. The van der Waals surface area contributed by atoms with Gasteiger partial charge in [0.15, 0.2) is 0 Å². The van der Waals surface area contributed by atoms with Gasteiger partial charge in [-0.05, 0) is 31.0 Å². The largest absolute Gasteiger partial charge is 0.496 e. The van der Waals surface area contributed by atoms with E-state index in [4.69, 9.17) is 10.5 Å². The third-order valence-corrected chi connectivity index (χ3v) is 4.00. The molecule has 102 valence electrons. The molecule has 0 saturated carbocycles. The fourth-order valence-electron chi connectivity index (χ4n) is 1.60. The van der Waals surface area contributed by atoms with Crippen molar-refractivity contribution < 1.29 is 13.2 Å². The van der Waals surface area contributed by atoms with Gasteiger partial charge >= 0.3 is 0 Å². The number of benzene rings is 1. The topological polar surface area (TPSA) is 81.4 Å². The molecule has 0 heterocycles. The number of methoxy groups -OCH3 is 1. The molecule has 0 spiro atoms. The highest BCUT2D eigenvalue weighted by molar-refractivity contribution is 7.89. The number of hydrogen-bond donors (Lipinski definition) is 2. The third kappa shape index (κ3) is 5.03. The molecule has 0 aliphatic heterocycles. The molecule has 0 radical (unpaired) electrons. The Hall–Kier alpha value is -1.11. The molecule has 6 heteroatoms. The van der Waals surface area contributed by atoms with E-state index in [1.165, 1.54) is 0 Å². The Labute approximate surface area is 108 Å². The van der Waals surface area contributed by atoms with Gasteiger partial charge in [-0.3, -0.25) is 0 Å². The predicted octanol–water partition coefficient (Wildman–Crippen LogP) is 0.506. The molecule has 0 aromatic heterocycles. The van der Waals surface area contributed by atoms with Crippen molar-refractivity contribution in [2.45, 2.75) is 12.8 Å². The first-order valence-corrected chi connectivity index (χ1v) is 7.53. The predicted molar refractivity (Wildman–Crippen MR) is 72.2 cm³/mol. The molecule has 0 amide bonds. The van der Waals surface area contributed by atoms with Crippen LogP contribution in [0.5, 0.6) is 5.75 Å². The molecular formula is C12H20N2O3S. The van der Waals surface area contributed by atoms with E-state index in [1.54, 1.807) is 7.11 Å². The Morgan fingerprint density at radius 1 is 1.33 bits per heavy atom. The SMILES string of the molecule is COc1ccccc1CCNS(=O)(=O)CCCN. The number of ether oxygens (including phenoxy) is 1. The first kappa shape index (κ1) is 14.9. The average Bonchev–Trinajstić information content (AvgIpc) is 2.37. The van der Waals surface area contributed by atoms with E-state index < -0.39 is 10.0 Å². The van der Waals surface area contributed by atoms with Crippen LogP contribution in [-0.4, -0.2) is 34.4 Å². The third-order valence-electron chi connectivity index (χ3n) is 2.53. The van der Waals surface area contributed by atoms with E-state index in [0.29, 0.717) is 25.9 Å². The van der Waals surface area contributed by atoms with Crippen molar-refractivity contribution in [1.82, 2.24) is 4.72 Å². The van der Waals surface area contributed by atoms with E-state index in [1.807, 2.05) is 24.3 Å². The van der Waals surface area contributed by atoms with Crippen LogP contribution in [0.3, 0.4) is 0 Å². The molecule has 0 aliphatic carbocycles. The fourth-order valence-corrected chi connectivity index (χ4v) is 2.70. The van der Waals surface area contributed by atoms with Gasteiger partial charge in [0.2, 0.25) is 10.0 Å². The van der Waals surface area contributed by atoms with Crippen molar-refractivity contribution >= 4 is 10.0 Å². The molecule has 1 aromatic carbocycles. The normalized spacial score (nSPS) is 11.4. The van der Waals surface area contributed by atoms with Gasteiger partial charge in [-0.2, -0.15) is 0 Å². The number of nitrogens with one attached hydrogen (secondary N) is 1. The van der Waals surface area contributed by atoms with Crippen molar-refractivity contribution in [3.63, 3.8) is 0 Å². The summed E-state index contributed by atoms with van der Waals surface area (Å²) in [6.07, 6.45) is 1.08. The fraction of sp³-hybridized carbons (Fsp3) is 0.500. The first-order valence-electron chi connectivity index (χ1n) is 5.88. The summed E-state index contributed by atoms with van der Waals surface area (Å²) in [4.78, 5) is 0. The van der Waals surface area contributed by atoms with Crippen molar-refractivity contribution in [1.29, 1.82) is 0 Å². The Morgan fingerprint density at radius 3 is 2.72 bits per heavy atom. The zero-order valence-electron chi connectivity index (χ0n) is 10.6. The smallest absolute Gasteiger partial charge is 0.211 e. The lowest BCUT2D eigenvalue weighted by Gasteiger charge is -2.09. The molecule has 1 aromatic rings. The zero-order valence-corrected chi connectivity index (χ0v) is 11.4. The Kier molecular flexibility index (Phi) is 6.11. The standard InChI is InChI=1S/C12H20N2O3S/c1-17-12-6-3-2-5-11(12)7-9-14-18(15,16)10-4-8-13/h2-3,5-6,14H,4,7-10,13H2,1H3. The molecule has 0 atom stereocenters. The molecule has 0 aliphatic rings. The van der Waals surface area contributed by atoms with Gasteiger partial charge in [0, 0.05) is 6.54 Å². The molecule has 0 fully saturated rings. The lowest BCUT2D eigenvalue weighted by molar-refractivity contribution is 0.409. The summed E-state index contributed by atoms with van der Waals surface area (Å²) >= 11 is 0.